The second kappa shape index (κ2) is 5.38. The second-order valence-electron chi connectivity index (χ2n) is 5.72. The van der Waals surface area contributed by atoms with E-state index in [0.29, 0.717) is 17.1 Å². The number of rotatable bonds is 2. The van der Waals surface area contributed by atoms with Crippen LogP contribution in [-0.4, -0.2) is 26.8 Å². The van der Waals surface area contributed by atoms with Crippen molar-refractivity contribution in [3.8, 4) is 0 Å². The van der Waals surface area contributed by atoms with Crippen LogP contribution in [0.4, 0.5) is 19.3 Å². The molecule has 5 nitrogen and oxygen atoms in total. The van der Waals surface area contributed by atoms with Crippen LogP contribution in [0.2, 0.25) is 0 Å². The first-order chi connectivity index (χ1) is 11.5. The van der Waals surface area contributed by atoms with E-state index in [2.05, 4.69) is 4.98 Å². The number of halogens is 2. The van der Waals surface area contributed by atoms with Gasteiger partial charge < -0.3 is 5.11 Å². The topological polar surface area (TPSA) is 58.4 Å². The summed E-state index contributed by atoms with van der Waals surface area (Å²) in [5, 5.41) is 10.1. The number of aliphatic hydroxyl groups is 1. The fraction of sp³-hybridized carbons (Fsp3) is 0.176. The van der Waals surface area contributed by atoms with Gasteiger partial charge in [0.1, 0.15) is 18.0 Å². The molecule has 2 aromatic rings. The number of amides is 1. The van der Waals surface area contributed by atoms with Crippen LogP contribution in [0.3, 0.4) is 0 Å². The maximum atomic E-state index is 13.2. The number of hydrogen-bond donors (Lipinski definition) is 1. The van der Waals surface area contributed by atoms with Gasteiger partial charge in [0, 0.05) is 5.69 Å². The monoisotopic (exact) mass is 329 g/mol. The predicted octanol–water partition coefficient (Wildman–Crippen LogP) is 2.88. The first-order valence-electron chi connectivity index (χ1n) is 7.42. The van der Waals surface area contributed by atoms with E-state index in [4.69, 9.17) is 0 Å². The molecule has 0 saturated heterocycles. The molecule has 4 rings (SSSR count). The maximum absolute atomic E-state index is 13.2. The molecule has 0 spiro atoms. The third-order valence-corrected chi connectivity index (χ3v) is 4.26. The minimum Gasteiger partial charge on any atom is -0.388 e. The van der Waals surface area contributed by atoms with E-state index in [9.17, 15) is 18.7 Å². The Hall–Kier alpha value is -2.80. The minimum absolute atomic E-state index is 0.253. The summed E-state index contributed by atoms with van der Waals surface area (Å²) < 4.78 is 27.7. The van der Waals surface area contributed by atoms with E-state index in [-0.39, 0.29) is 18.4 Å². The van der Waals surface area contributed by atoms with Gasteiger partial charge in [-0.1, -0.05) is 6.08 Å². The van der Waals surface area contributed by atoms with Gasteiger partial charge in [-0.05, 0) is 36.4 Å². The Bertz CT molecular complexity index is 870. The van der Waals surface area contributed by atoms with Crippen molar-refractivity contribution in [1.82, 2.24) is 9.55 Å². The van der Waals surface area contributed by atoms with E-state index in [0.717, 1.165) is 6.08 Å². The summed E-state index contributed by atoms with van der Waals surface area (Å²) in [6.07, 6.45) is 4.28. The summed E-state index contributed by atoms with van der Waals surface area (Å²) >= 11 is 0. The van der Waals surface area contributed by atoms with Gasteiger partial charge in [-0.2, -0.15) is 0 Å². The van der Waals surface area contributed by atoms with Crippen LogP contribution in [0.5, 0.6) is 0 Å². The molecule has 1 aliphatic heterocycles. The fourth-order valence-electron chi connectivity index (χ4n) is 3.04. The number of imidazole rings is 1. The van der Waals surface area contributed by atoms with Gasteiger partial charge >= 0.3 is 6.03 Å². The number of nitrogens with zero attached hydrogens (tertiary/aromatic N) is 3. The van der Waals surface area contributed by atoms with Crippen LogP contribution in [-0.2, 0) is 6.54 Å². The number of hydrogen-bond acceptors (Lipinski definition) is 3. The zero-order valence-electron chi connectivity index (χ0n) is 12.4. The van der Waals surface area contributed by atoms with Gasteiger partial charge in [-0.3, -0.25) is 9.47 Å². The summed E-state index contributed by atoms with van der Waals surface area (Å²) in [6, 6.07) is 5.33. The Morgan fingerprint density at radius 3 is 2.67 bits per heavy atom. The largest absolute Gasteiger partial charge is 0.388 e. The van der Waals surface area contributed by atoms with Crippen LogP contribution in [0.1, 0.15) is 17.3 Å². The van der Waals surface area contributed by atoms with Crippen LogP contribution in [0, 0.1) is 5.82 Å². The molecule has 7 heteroatoms. The Labute approximate surface area is 136 Å². The van der Waals surface area contributed by atoms with E-state index >= 15 is 0 Å². The molecule has 2 unspecified atom stereocenters. The Kier molecular flexibility index (Phi) is 3.31. The third kappa shape index (κ3) is 2.25. The average molecular weight is 329 g/mol. The summed E-state index contributed by atoms with van der Waals surface area (Å²) in [5.41, 5.74) is 1.73. The van der Waals surface area contributed by atoms with E-state index < -0.39 is 17.8 Å². The molecule has 0 radical (unpaired) electrons. The van der Waals surface area contributed by atoms with Gasteiger partial charge in [0.15, 0.2) is 0 Å². The second-order valence-corrected chi connectivity index (χ2v) is 5.72. The average Bonchev–Trinajstić information content (AvgIpc) is 3.09. The molecule has 1 aliphatic carbocycles. The highest BCUT2D eigenvalue weighted by molar-refractivity contribution is 5.96. The van der Waals surface area contributed by atoms with Crippen LogP contribution < -0.4 is 4.90 Å². The van der Waals surface area contributed by atoms with Crippen molar-refractivity contribution in [2.24, 2.45) is 0 Å². The summed E-state index contributed by atoms with van der Waals surface area (Å²) in [6.45, 7) is 0.253. The van der Waals surface area contributed by atoms with E-state index in [1.165, 1.54) is 52.2 Å². The fourth-order valence-corrected chi connectivity index (χ4v) is 3.04. The molecule has 1 aromatic carbocycles. The molecule has 2 aliphatic rings. The highest BCUT2D eigenvalue weighted by atomic mass is 19.1. The Balaban J connectivity index is 1.67. The third-order valence-electron chi connectivity index (χ3n) is 4.26. The van der Waals surface area contributed by atoms with E-state index in [1.54, 1.807) is 0 Å². The highest BCUT2D eigenvalue weighted by Gasteiger charge is 2.35. The molecule has 1 amide bonds. The maximum Gasteiger partial charge on any atom is 0.334 e. The van der Waals surface area contributed by atoms with Crippen molar-refractivity contribution in [2.75, 3.05) is 4.90 Å². The first-order valence-corrected chi connectivity index (χ1v) is 7.42. The van der Waals surface area contributed by atoms with Crippen molar-refractivity contribution >= 4 is 11.7 Å². The lowest BCUT2D eigenvalue weighted by Gasteiger charge is -2.19. The predicted molar refractivity (Wildman–Crippen MR) is 82.7 cm³/mol. The molecular weight excluding hydrogens is 316 g/mol. The lowest BCUT2D eigenvalue weighted by atomic mass is 9.92. The number of carbonyl (C=O) groups excluding carboxylic acids is 1. The summed E-state index contributed by atoms with van der Waals surface area (Å²) in [7, 11) is 0. The van der Waals surface area contributed by atoms with Crippen LogP contribution in [0.25, 0.3) is 0 Å². The van der Waals surface area contributed by atoms with Gasteiger partial charge in [0.2, 0.25) is 0 Å². The Morgan fingerprint density at radius 1 is 1.21 bits per heavy atom. The van der Waals surface area contributed by atoms with E-state index in [1.807, 2.05) is 0 Å². The molecule has 1 aromatic heterocycles. The van der Waals surface area contributed by atoms with Crippen molar-refractivity contribution in [3.63, 3.8) is 0 Å². The summed E-state index contributed by atoms with van der Waals surface area (Å²) in [5.74, 6) is -1.39. The van der Waals surface area contributed by atoms with Crippen molar-refractivity contribution in [1.29, 1.82) is 0 Å². The van der Waals surface area contributed by atoms with Crippen molar-refractivity contribution < 1.29 is 18.7 Å². The number of anilines is 1. The van der Waals surface area contributed by atoms with Crippen LogP contribution in [0.15, 0.2) is 54.6 Å². The number of benzene rings is 1. The molecule has 2 heterocycles. The smallest absolute Gasteiger partial charge is 0.334 e. The SMILES string of the molecule is O=C1N(c2ccc(F)cc2)Cc2c(C3C=CC(F)=CC3O)ncn21. The lowest BCUT2D eigenvalue weighted by Crippen LogP contribution is -2.25. The van der Waals surface area contributed by atoms with Gasteiger partial charge in [-0.25, -0.2) is 18.6 Å². The number of fused-ring (bicyclic) bond motifs is 1. The normalized spacial score (nSPS) is 22.7. The van der Waals surface area contributed by atoms with Crippen LogP contribution >= 0.6 is 0 Å². The quantitative estimate of drug-likeness (QED) is 0.922. The minimum atomic E-state index is -1.04. The zero-order valence-corrected chi connectivity index (χ0v) is 12.4. The molecule has 24 heavy (non-hydrogen) atoms. The molecular formula is C17H13F2N3O2. The van der Waals surface area contributed by atoms with Gasteiger partial charge in [-0.15, -0.1) is 0 Å². The number of aromatic nitrogens is 2. The standard InChI is InChI=1S/C17H13F2N3O2/c18-10-1-4-12(5-2-10)21-8-14-16(20-9-22(14)17(21)24)13-6-3-11(19)7-15(13)23/h1-7,9,13,15,23H,8H2. The zero-order chi connectivity index (χ0) is 16.8. The Morgan fingerprint density at radius 2 is 1.96 bits per heavy atom. The van der Waals surface area contributed by atoms with Gasteiger partial charge in [0.25, 0.3) is 0 Å². The molecule has 0 fully saturated rings. The molecule has 0 bridgehead atoms. The molecule has 1 N–H and O–H groups in total. The number of allylic oxidation sites excluding steroid dienone is 2. The molecule has 2 atom stereocenters. The first kappa shape index (κ1) is 14.8. The highest BCUT2D eigenvalue weighted by Crippen LogP contribution is 2.33. The summed E-state index contributed by atoms with van der Waals surface area (Å²) in [4.78, 5) is 18.2. The van der Waals surface area contributed by atoms with Crippen molar-refractivity contribution in [3.05, 3.63) is 71.9 Å². The number of aliphatic hydroxyl groups excluding tert-OH is 1. The van der Waals surface area contributed by atoms with Gasteiger partial charge in [0.05, 0.1) is 30.0 Å². The van der Waals surface area contributed by atoms with Crippen molar-refractivity contribution in [2.45, 2.75) is 18.6 Å². The molecule has 122 valence electrons. The lowest BCUT2D eigenvalue weighted by molar-refractivity contribution is 0.200. The number of carbonyl (C=O) groups is 1. The molecule has 0 saturated carbocycles.